The number of pyridine rings is 2. The Morgan fingerprint density at radius 3 is 2.69 bits per heavy atom. The van der Waals surface area contributed by atoms with Gasteiger partial charge in [0, 0.05) is 17.1 Å². The van der Waals surface area contributed by atoms with Gasteiger partial charge in [0.25, 0.3) is 5.91 Å². The van der Waals surface area contributed by atoms with Crippen LogP contribution in [0.5, 0.6) is 0 Å². The van der Waals surface area contributed by atoms with E-state index in [2.05, 4.69) is 15.0 Å². The highest BCUT2D eigenvalue weighted by molar-refractivity contribution is 7.11. The van der Waals surface area contributed by atoms with Gasteiger partial charge in [-0.3, -0.25) is 9.78 Å². The van der Waals surface area contributed by atoms with E-state index in [4.69, 9.17) is 5.73 Å². The van der Waals surface area contributed by atoms with Crippen molar-refractivity contribution >= 4 is 34.0 Å². The molecule has 1 aliphatic rings. The Hall–Kier alpha value is -3.53. The number of halogens is 3. The van der Waals surface area contributed by atoms with Crippen molar-refractivity contribution in [2.24, 2.45) is 0 Å². The second-order valence-corrected chi connectivity index (χ2v) is 10.3. The average molecular weight is 512 g/mol. The molecule has 36 heavy (non-hydrogen) atoms. The number of thiazole rings is 1. The van der Waals surface area contributed by atoms with E-state index < -0.39 is 11.7 Å². The predicted molar refractivity (Wildman–Crippen MR) is 133 cm³/mol. The zero-order valence-electron chi connectivity index (χ0n) is 19.8. The van der Waals surface area contributed by atoms with Gasteiger partial charge >= 0.3 is 6.18 Å². The second kappa shape index (κ2) is 9.16. The maximum absolute atomic E-state index is 13.9. The van der Waals surface area contributed by atoms with Crippen molar-refractivity contribution in [3.8, 4) is 0 Å². The van der Waals surface area contributed by atoms with Gasteiger partial charge < -0.3 is 10.6 Å². The molecule has 2 N–H and O–H groups in total. The zero-order valence-corrected chi connectivity index (χ0v) is 20.6. The van der Waals surface area contributed by atoms with Crippen LogP contribution in [-0.2, 0) is 19.1 Å². The molecule has 0 radical (unpaired) electrons. The van der Waals surface area contributed by atoms with E-state index in [1.54, 1.807) is 34.4 Å². The number of fused-ring (bicyclic) bond motifs is 2. The van der Waals surface area contributed by atoms with Gasteiger partial charge in [0.1, 0.15) is 5.82 Å². The molecule has 10 heteroatoms. The van der Waals surface area contributed by atoms with E-state index in [9.17, 15) is 18.0 Å². The topological polar surface area (TPSA) is 85.0 Å². The van der Waals surface area contributed by atoms with Crippen LogP contribution in [0.25, 0.3) is 10.9 Å². The molecule has 4 aromatic rings. The SMILES string of the molecule is Cc1nc2c(s1)[C@@H](N(Cc1ccc(C(F)(F)F)cn1)C(=O)c1ccc3nc(N)c(C)cc3c1)CCC2. The van der Waals surface area contributed by atoms with Gasteiger partial charge in [0.05, 0.1) is 44.9 Å². The molecule has 0 fully saturated rings. The molecule has 0 spiro atoms. The number of aromatic nitrogens is 3. The fourth-order valence-corrected chi connectivity index (χ4v) is 5.72. The van der Waals surface area contributed by atoms with Gasteiger partial charge in [-0.25, -0.2) is 9.97 Å². The van der Waals surface area contributed by atoms with E-state index in [0.29, 0.717) is 22.6 Å². The molecular weight excluding hydrogens is 487 g/mol. The third-order valence-corrected chi connectivity index (χ3v) is 7.56. The number of hydrogen-bond donors (Lipinski definition) is 1. The van der Waals surface area contributed by atoms with Crippen LogP contribution in [0.3, 0.4) is 0 Å². The first-order valence-corrected chi connectivity index (χ1v) is 12.4. The number of amides is 1. The minimum Gasteiger partial charge on any atom is -0.383 e. The average Bonchev–Trinajstić information content (AvgIpc) is 3.23. The fourth-order valence-electron chi connectivity index (χ4n) is 4.60. The summed E-state index contributed by atoms with van der Waals surface area (Å²) >= 11 is 1.56. The van der Waals surface area contributed by atoms with Crippen molar-refractivity contribution in [3.63, 3.8) is 0 Å². The summed E-state index contributed by atoms with van der Waals surface area (Å²) in [6.07, 6.45) is -1.20. The normalized spacial score (nSPS) is 15.6. The Bertz CT molecular complexity index is 1450. The molecule has 1 amide bonds. The van der Waals surface area contributed by atoms with Crippen LogP contribution in [0, 0.1) is 13.8 Å². The van der Waals surface area contributed by atoms with Crippen molar-refractivity contribution < 1.29 is 18.0 Å². The van der Waals surface area contributed by atoms with Gasteiger partial charge in [0.2, 0.25) is 0 Å². The third kappa shape index (κ3) is 4.65. The summed E-state index contributed by atoms with van der Waals surface area (Å²) in [6, 6.07) is 9.24. The molecule has 6 nitrogen and oxygen atoms in total. The highest BCUT2D eigenvalue weighted by Crippen LogP contribution is 2.39. The summed E-state index contributed by atoms with van der Waals surface area (Å²) in [5.74, 6) is 0.212. The predicted octanol–water partition coefficient (Wildman–Crippen LogP) is 6.02. The number of aryl methyl sites for hydroxylation is 3. The molecule has 3 aromatic heterocycles. The standard InChI is InChI=1S/C26H24F3N5OS/c1-14-10-17-11-16(6-9-20(17)33-24(14)30)25(35)34(13-19-8-7-18(12-31-19)26(27,28)29)22-5-3-4-21-23(22)36-15(2)32-21/h6-12,22H,3-5,13H2,1-2H3,(H2,30,33)/t22-/m0/s1. The number of carbonyl (C=O) groups excluding carboxylic acids is 1. The number of nitrogens with two attached hydrogens (primary N) is 1. The van der Waals surface area contributed by atoms with E-state index in [-0.39, 0.29) is 18.5 Å². The molecule has 3 heterocycles. The maximum Gasteiger partial charge on any atom is 0.417 e. The first kappa shape index (κ1) is 24.2. The highest BCUT2D eigenvalue weighted by Gasteiger charge is 2.34. The van der Waals surface area contributed by atoms with Crippen LogP contribution in [0.2, 0.25) is 0 Å². The molecule has 5 rings (SSSR count). The van der Waals surface area contributed by atoms with Gasteiger partial charge in [-0.1, -0.05) is 0 Å². The maximum atomic E-state index is 13.9. The van der Waals surface area contributed by atoms with Crippen molar-refractivity contribution in [3.05, 3.63) is 80.6 Å². The largest absolute Gasteiger partial charge is 0.417 e. The molecule has 0 bridgehead atoms. The molecule has 1 atom stereocenters. The number of hydrogen-bond acceptors (Lipinski definition) is 6. The van der Waals surface area contributed by atoms with Gasteiger partial charge in [-0.2, -0.15) is 13.2 Å². The Labute approximate surface area is 210 Å². The molecule has 186 valence electrons. The lowest BCUT2D eigenvalue weighted by atomic mass is 9.95. The molecule has 0 saturated heterocycles. The number of benzene rings is 1. The lowest BCUT2D eigenvalue weighted by molar-refractivity contribution is -0.137. The summed E-state index contributed by atoms with van der Waals surface area (Å²) < 4.78 is 39.1. The molecule has 0 unspecified atom stereocenters. The molecule has 1 aliphatic carbocycles. The van der Waals surface area contributed by atoms with Gasteiger partial charge in [0.15, 0.2) is 0 Å². The van der Waals surface area contributed by atoms with Crippen LogP contribution in [0.4, 0.5) is 19.0 Å². The lowest BCUT2D eigenvalue weighted by Crippen LogP contribution is -2.36. The Kier molecular flexibility index (Phi) is 6.15. The second-order valence-electron chi connectivity index (χ2n) is 9.02. The number of carbonyl (C=O) groups is 1. The summed E-state index contributed by atoms with van der Waals surface area (Å²) in [4.78, 5) is 29.8. The fraction of sp³-hybridized carbons (Fsp3) is 0.308. The van der Waals surface area contributed by atoms with Crippen LogP contribution >= 0.6 is 11.3 Å². The number of rotatable bonds is 4. The zero-order chi connectivity index (χ0) is 25.6. The first-order chi connectivity index (χ1) is 17.1. The summed E-state index contributed by atoms with van der Waals surface area (Å²) in [5.41, 5.74) is 8.45. The molecule has 1 aromatic carbocycles. The minimum atomic E-state index is -4.47. The minimum absolute atomic E-state index is 0.0784. The van der Waals surface area contributed by atoms with Crippen LogP contribution in [0.1, 0.15) is 61.6 Å². The monoisotopic (exact) mass is 511 g/mol. The smallest absolute Gasteiger partial charge is 0.383 e. The van der Waals surface area contributed by atoms with Crippen molar-refractivity contribution in [2.45, 2.75) is 51.9 Å². The lowest BCUT2D eigenvalue weighted by Gasteiger charge is -2.34. The van der Waals surface area contributed by atoms with Crippen molar-refractivity contribution in [2.75, 3.05) is 5.73 Å². The number of nitrogens with zero attached hydrogens (tertiary/aromatic N) is 4. The van der Waals surface area contributed by atoms with Crippen molar-refractivity contribution in [1.82, 2.24) is 19.9 Å². The van der Waals surface area contributed by atoms with Gasteiger partial charge in [-0.05, 0) is 75.1 Å². The van der Waals surface area contributed by atoms with E-state index in [0.717, 1.165) is 58.1 Å². The summed E-state index contributed by atoms with van der Waals surface area (Å²) in [5, 5.41) is 1.72. The number of nitrogen functional groups attached to an aromatic ring is 1. The van der Waals surface area contributed by atoms with Crippen LogP contribution in [-0.4, -0.2) is 25.8 Å². The molecular formula is C26H24F3N5OS. The Morgan fingerprint density at radius 1 is 1.17 bits per heavy atom. The van der Waals surface area contributed by atoms with E-state index >= 15 is 0 Å². The van der Waals surface area contributed by atoms with E-state index in [1.807, 2.05) is 19.9 Å². The van der Waals surface area contributed by atoms with Crippen molar-refractivity contribution in [1.29, 1.82) is 0 Å². The van der Waals surface area contributed by atoms with Gasteiger partial charge in [-0.15, -0.1) is 11.3 Å². The number of alkyl halides is 3. The first-order valence-electron chi connectivity index (χ1n) is 11.6. The summed E-state index contributed by atoms with van der Waals surface area (Å²) in [7, 11) is 0. The quantitative estimate of drug-likeness (QED) is 0.362. The van der Waals surface area contributed by atoms with Crippen LogP contribution < -0.4 is 5.73 Å². The number of anilines is 1. The summed E-state index contributed by atoms with van der Waals surface area (Å²) in [6.45, 7) is 3.87. The van der Waals surface area contributed by atoms with Crippen LogP contribution in [0.15, 0.2) is 42.6 Å². The third-order valence-electron chi connectivity index (χ3n) is 6.44. The van der Waals surface area contributed by atoms with E-state index in [1.165, 1.54) is 6.07 Å². The molecule has 0 aliphatic heterocycles. The Balaban J connectivity index is 1.54. The molecule has 0 saturated carbocycles. The highest BCUT2D eigenvalue weighted by atomic mass is 32.1. The Morgan fingerprint density at radius 2 is 1.97 bits per heavy atom.